The van der Waals surface area contributed by atoms with Crippen LogP contribution in [0.1, 0.15) is 38.8 Å². The van der Waals surface area contributed by atoms with Gasteiger partial charge < -0.3 is 5.73 Å². The molecule has 1 aromatic carbocycles. The SMILES string of the molecule is CCSc1ccc([C@H](N)C(C)CC)cc1.Cl. The Balaban J connectivity index is 0.00000225. The average molecular weight is 260 g/mol. The highest BCUT2D eigenvalue weighted by Gasteiger charge is 2.12. The van der Waals surface area contributed by atoms with Crippen LogP contribution >= 0.6 is 24.2 Å². The Morgan fingerprint density at radius 1 is 1.19 bits per heavy atom. The first kappa shape index (κ1) is 15.8. The van der Waals surface area contributed by atoms with E-state index in [9.17, 15) is 0 Å². The fourth-order valence-electron chi connectivity index (χ4n) is 1.54. The van der Waals surface area contributed by atoms with Gasteiger partial charge in [0.1, 0.15) is 0 Å². The minimum Gasteiger partial charge on any atom is -0.324 e. The Kier molecular flexibility index (Phi) is 7.90. The first-order chi connectivity index (χ1) is 7.19. The maximum atomic E-state index is 6.17. The summed E-state index contributed by atoms with van der Waals surface area (Å²) >= 11 is 1.87. The van der Waals surface area contributed by atoms with Gasteiger partial charge in [0.2, 0.25) is 0 Å². The molecular formula is C13H22ClNS. The fourth-order valence-corrected chi connectivity index (χ4v) is 2.20. The van der Waals surface area contributed by atoms with E-state index in [1.165, 1.54) is 10.5 Å². The molecule has 0 amide bonds. The van der Waals surface area contributed by atoms with E-state index in [0.29, 0.717) is 5.92 Å². The van der Waals surface area contributed by atoms with Gasteiger partial charge in [-0.2, -0.15) is 0 Å². The lowest BCUT2D eigenvalue weighted by Gasteiger charge is -2.18. The van der Waals surface area contributed by atoms with E-state index in [0.717, 1.165) is 12.2 Å². The lowest BCUT2D eigenvalue weighted by Crippen LogP contribution is -2.18. The van der Waals surface area contributed by atoms with Crippen LogP contribution in [0.3, 0.4) is 0 Å². The number of nitrogens with two attached hydrogens (primary N) is 1. The van der Waals surface area contributed by atoms with Crippen molar-refractivity contribution in [3.8, 4) is 0 Å². The van der Waals surface area contributed by atoms with Gasteiger partial charge in [-0.25, -0.2) is 0 Å². The smallest absolute Gasteiger partial charge is 0.0320 e. The zero-order valence-electron chi connectivity index (χ0n) is 10.3. The summed E-state index contributed by atoms with van der Waals surface area (Å²) in [5.41, 5.74) is 7.42. The zero-order chi connectivity index (χ0) is 11.3. The number of hydrogen-bond donors (Lipinski definition) is 1. The number of halogens is 1. The van der Waals surface area contributed by atoms with Crippen LogP contribution in [-0.2, 0) is 0 Å². The monoisotopic (exact) mass is 259 g/mol. The maximum absolute atomic E-state index is 6.17. The van der Waals surface area contributed by atoms with Crippen LogP contribution in [0.2, 0.25) is 0 Å². The van der Waals surface area contributed by atoms with Crippen LogP contribution in [0.25, 0.3) is 0 Å². The van der Waals surface area contributed by atoms with E-state index in [-0.39, 0.29) is 18.4 Å². The van der Waals surface area contributed by atoms with Crippen LogP contribution in [0.4, 0.5) is 0 Å². The van der Waals surface area contributed by atoms with Gasteiger partial charge in [0, 0.05) is 10.9 Å². The van der Waals surface area contributed by atoms with Gasteiger partial charge in [-0.05, 0) is 29.4 Å². The summed E-state index contributed by atoms with van der Waals surface area (Å²) in [6.45, 7) is 6.56. The molecule has 1 nitrogen and oxygen atoms in total. The third kappa shape index (κ3) is 4.36. The van der Waals surface area contributed by atoms with Gasteiger partial charge in [0.25, 0.3) is 0 Å². The molecule has 2 N–H and O–H groups in total. The van der Waals surface area contributed by atoms with E-state index in [1.807, 2.05) is 11.8 Å². The van der Waals surface area contributed by atoms with Crippen molar-refractivity contribution in [3.63, 3.8) is 0 Å². The Labute approximate surface area is 110 Å². The second-order valence-electron chi connectivity index (χ2n) is 3.91. The molecule has 0 saturated carbocycles. The molecule has 92 valence electrons. The quantitative estimate of drug-likeness (QED) is 0.800. The molecule has 1 rings (SSSR count). The van der Waals surface area contributed by atoms with E-state index in [1.54, 1.807) is 0 Å². The molecule has 0 radical (unpaired) electrons. The van der Waals surface area contributed by atoms with Gasteiger partial charge in [0.15, 0.2) is 0 Å². The summed E-state index contributed by atoms with van der Waals surface area (Å²) in [6, 6.07) is 8.84. The second kappa shape index (κ2) is 7.99. The third-order valence-electron chi connectivity index (χ3n) is 2.83. The summed E-state index contributed by atoms with van der Waals surface area (Å²) in [4.78, 5) is 1.33. The largest absolute Gasteiger partial charge is 0.324 e. The van der Waals surface area contributed by atoms with Crippen molar-refractivity contribution >= 4 is 24.2 Å². The van der Waals surface area contributed by atoms with Gasteiger partial charge in [-0.3, -0.25) is 0 Å². The molecule has 0 aliphatic carbocycles. The Morgan fingerprint density at radius 2 is 1.75 bits per heavy atom. The van der Waals surface area contributed by atoms with Crippen LogP contribution in [0.5, 0.6) is 0 Å². The molecule has 0 aliphatic rings. The highest BCUT2D eigenvalue weighted by molar-refractivity contribution is 7.99. The zero-order valence-corrected chi connectivity index (χ0v) is 11.9. The maximum Gasteiger partial charge on any atom is 0.0320 e. The third-order valence-corrected chi connectivity index (χ3v) is 3.73. The molecule has 16 heavy (non-hydrogen) atoms. The van der Waals surface area contributed by atoms with Crippen LogP contribution < -0.4 is 5.73 Å². The molecule has 0 saturated heterocycles. The van der Waals surface area contributed by atoms with Gasteiger partial charge >= 0.3 is 0 Å². The van der Waals surface area contributed by atoms with Crippen LogP contribution in [-0.4, -0.2) is 5.75 Å². The average Bonchev–Trinajstić information content (AvgIpc) is 2.28. The normalized spacial score (nSPS) is 14.0. The van der Waals surface area contributed by atoms with Crippen molar-refractivity contribution < 1.29 is 0 Å². The number of rotatable bonds is 5. The Morgan fingerprint density at radius 3 is 2.19 bits per heavy atom. The number of thioether (sulfide) groups is 1. The van der Waals surface area contributed by atoms with Crippen molar-refractivity contribution in [2.24, 2.45) is 11.7 Å². The van der Waals surface area contributed by atoms with Crippen LogP contribution in [0.15, 0.2) is 29.2 Å². The molecule has 0 aromatic heterocycles. The predicted molar refractivity (Wildman–Crippen MR) is 76.5 cm³/mol. The lowest BCUT2D eigenvalue weighted by molar-refractivity contribution is 0.456. The molecule has 2 atom stereocenters. The first-order valence-corrected chi connectivity index (χ1v) is 6.65. The molecule has 1 unspecified atom stereocenters. The molecule has 0 aliphatic heterocycles. The van der Waals surface area contributed by atoms with Crippen molar-refractivity contribution in [2.75, 3.05) is 5.75 Å². The highest BCUT2D eigenvalue weighted by Crippen LogP contribution is 2.24. The predicted octanol–water partition coefficient (Wildman–Crippen LogP) is 4.27. The topological polar surface area (TPSA) is 26.0 Å². The molecule has 0 spiro atoms. The molecule has 3 heteroatoms. The minimum atomic E-state index is 0. The second-order valence-corrected chi connectivity index (χ2v) is 5.25. The van der Waals surface area contributed by atoms with Crippen molar-refractivity contribution in [3.05, 3.63) is 29.8 Å². The minimum absolute atomic E-state index is 0. The Hall–Kier alpha value is -0.180. The van der Waals surface area contributed by atoms with Gasteiger partial charge in [-0.1, -0.05) is 39.3 Å². The number of benzene rings is 1. The van der Waals surface area contributed by atoms with Crippen LogP contribution in [0, 0.1) is 5.92 Å². The molecule has 1 aromatic rings. The molecule has 0 heterocycles. The van der Waals surface area contributed by atoms with Gasteiger partial charge in [0.05, 0.1) is 0 Å². The molecular weight excluding hydrogens is 238 g/mol. The Bertz CT molecular complexity index is 286. The highest BCUT2D eigenvalue weighted by atomic mass is 35.5. The van der Waals surface area contributed by atoms with E-state index in [4.69, 9.17) is 5.73 Å². The summed E-state index contributed by atoms with van der Waals surface area (Å²) in [5, 5.41) is 0. The number of hydrogen-bond acceptors (Lipinski definition) is 2. The summed E-state index contributed by atoms with van der Waals surface area (Å²) in [6.07, 6.45) is 1.13. The summed E-state index contributed by atoms with van der Waals surface area (Å²) in [5.74, 6) is 1.67. The standard InChI is InChI=1S/C13H21NS.ClH/c1-4-10(3)13(14)11-6-8-12(9-7-11)15-5-2;/h6-10,13H,4-5,14H2,1-3H3;1H/t10?,13-;/m1./s1. The lowest BCUT2D eigenvalue weighted by atomic mass is 9.93. The van der Waals surface area contributed by atoms with Crippen molar-refractivity contribution in [2.45, 2.75) is 38.1 Å². The van der Waals surface area contributed by atoms with E-state index >= 15 is 0 Å². The first-order valence-electron chi connectivity index (χ1n) is 5.67. The molecule has 0 bridgehead atoms. The van der Waals surface area contributed by atoms with Gasteiger partial charge in [-0.15, -0.1) is 24.2 Å². The summed E-state index contributed by atoms with van der Waals surface area (Å²) in [7, 11) is 0. The van der Waals surface area contributed by atoms with E-state index in [2.05, 4.69) is 45.0 Å². The van der Waals surface area contributed by atoms with Crippen molar-refractivity contribution in [1.29, 1.82) is 0 Å². The molecule has 0 fully saturated rings. The fraction of sp³-hybridized carbons (Fsp3) is 0.538. The van der Waals surface area contributed by atoms with Crippen molar-refractivity contribution in [1.82, 2.24) is 0 Å². The van der Waals surface area contributed by atoms with E-state index < -0.39 is 0 Å². The summed E-state index contributed by atoms with van der Waals surface area (Å²) < 4.78 is 0.